The van der Waals surface area contributed by atoms with Crippen LogP contribution in [0.15, 0.2) is 0 Å². The zero-order valence-electron chi connectivity index (χ0n) is 36.9. The lowest BCUT2D eigenvalue weighted by Gasteiger charge is -2.39. The summed E-state index contributed by atoms with van der Waals surface area (Å²) in [6, 6.07) is 0. The molecule has 0 aromatic rings. The highest BCUT2D eigenvalue weighted by Gasteiger charge is 2.44. The molecule has 57 heavy (non-hydrogen) atoms. The smallest absolute Gasteiger partial charge is 0.306 e. The van der Waals surface area contributed by atoms with E-state index in [4.69, 9.17) is 18.9 Å². The van der Waals surface area contributed by atoms with Crippen LogP contribution in [0.1, 0.15) is 232 Å². The third-order valence-corrected chi connectivity index (χ3v) is 11.5. The van der Waals surface area contributed by atoms with Gasteiger partial charge in [0.15, 0.2) is 12.4 Å². The van der Waals surface area contributed by atoms with Crippen LogP contribution in [0.2, 0.25) is 0 Å². The number of hydrogen-bond acceptors (Lipinski definition) is 10. The summed E-state index contributed by atoms with van der Waals surface area (Å²) in [6.45, 7) is 3.46. The number of rotatable bonds is 41. The molecule has 0 aromatic carbocycles. The molecule has 0 aliphatic carbocycles. The van der Waals surface area contributed by atoms with Gasteiger partial charge >= 0.3 is 11.9 Å². The Morgan fingerprint density at radius 2 is 0.825 bits per heavy atom. The SMILES string of the molecule is CCCCCCCCCCCCCCCCCCCCCC(=O)OC(COC(=O)CCCCCCCCCCCCCCC)COC1OC(CO)C(O)C(O)C1O. The molecule has 0 bridgehead atoms. The van der Waals surface area contributed by atoms with Gasteiger partial charge in [-0.1, -0.05) is 206 Å². The van der Waals surface area contributed by atoms with E-state index in [9.17, 15) is 30.0 Å². The number of carbonyl (C=O) groups is 2. The van der Waals surface area contributed by atoms with Gasteiger partial charge in [-0.05, 0) is 12.8 Å². The summed E-state index contributed by atoms with van der Waals surface area (Å²) in [5.74, 6) is -0.789. The molecule has 6 unspecified atom stereocenters. The standard InChI is InChI=1S/C47H90O10/c1-3-5-7-9-11-13-15-17-18-19-20-21-22-24-26-28-30-32-34-36-43(50)56-40(39-55-47-46(53)45(52)44(51)41(37-48)57-47)38-54-42(49)35-33-31-29-27-25-23-16-14-12-10-8-6-4-2/h40-41,44-48,51-53H,3-39H2,1-2H3. The molecule has 6 atom stereocenters. The van der Waals surface area contributed by atoms with Crippen LogP contribution in [0.3, 0.4) is 0 Å². The van der Waals surface area contributed by atoms with E-state index in [0.717, 1.165) is 38.5 Å². The number of hydrogen-bond donors (Lipinski definition) is 4. The quantitative estimate of drug-likeness (QED) is 0.0347. The summed E-state index contributed by atoms with van der Waals surface area (Å²) in [5.41, 5.74) is 0. The van der Waals surface area contributed by atoms with Crippen molar-refractivity contribution in [3.8, 4) is 0 Å². The van der Waals surface area contributed by atoms with Crippen molar-refractivity contribution in [2.75, 3.05) is 19.8 Å². The van der Waals surface area contributed by atoms with Gasteiger partial charge in [-0.15, -0.1) is 0 Å². The lowest BCUT2D eigenvalue weighted by Crippen LogP contribution is -2.59. The number of esters is 2. The average Bonchev–Trinajstić information content (AvgIpc) is 3.21. The summed E-state index contributed by atoms with van der Waals surface area (Å²) in [5, 5.41) is 40.1. The summed E-state index contributed by atoms with van der Waals surface area (Å²) < 4.78 is 22.2. The molecule has 0 saturated carbocycles. The molecule has 0 amide bonds. The molecule has 0 spiro atoms. The van der Waals surface area contributed by atoms with Crippen LogP contribution in [-0.2, 0) is 28.5 Å². The minimum absolute atomic E-state index is 0.209. The van der Waals surface area contributed by atoms with E-state index < -0.39 is 49.4 Å². The molecular formula is C47H90O10. The van der Waals surface area contributed by atoms with Crippen molar-refractivity contribution < 1.29 is 49.0 Å². The Hall–Kier alpha value is -1.30. The van der Waals surface area contributed by atoms with Gasteiger partial charge in [-0.2, -0.15) is 0 Å². The second-order valence-electron chi connectivity index (χ2n) is 16.9. The van der Waals surface area contributed by atoms with Gasteiger partial charge < -0.3 is 39.4 Å². The highest BCUT2D eigenvalue weighted by Crippen LogP contribution is 2.23. The fraction of sp³-hybridized carbons (Fsp3) is 0.957. The summed E-state index contributed by atoms with van der Waals surface area (Å²) in [7, 11) is 0. The molecule has 1 aliphatic heterocycles. The van der Waals surface area contributed by atoms with Gasteiger partial charge in [0.05, 0.1) is 13.2 Å². The maximum atomic E-state index is 12.8. The van der Waals surface area contributed by atoms with Gasteiger partial charge in [0, 0.05) is 12.8 Å². The number of unbranched alkanes of at least 4 members (excludes halogenated alkanes) is 30. The van der Waals surface area contributed by atoms with Crippen molar-refractivity contribution in [1.82, 2.24) is 0 Å². The third-order valence-electron chi connectivity index (χ3n) is 11.5. The van der Waals surface area contributed by atoms with Gasteiger partial charge in [0.1, 0.15) is 31.0 Å². The first-order chi connectivity index (χ1) is 27.8. The molecular weight excluding hydrogens is 725 g/mol. The van der Waals surface area contributed by atoms with E-state index in [1.165, 1.54) is 161 Å². The van der Waals surface area contributed by atoms with Crippen LogP contribution < -0.4 is 0 Å². The lowest BCUT2D eigenvalue weighted by atomic mass is 9.99. The van der Waals surface area contributed by atoms with E-state index in [-0.39, 0.29) is 32.0 Å². The Labute approximate surface area is 348 Å². The van der Waals surface area contributed by atoms with Crippen LogP contribution in [0.5, 0.6) is 0 Å². The monoisotopic (exact) mass is 815 g/mol. The molecule has 1 rings (SSSR count). The van der Waals surface area contributed by atoms with E-state index >= 15 is 0 Å². The van der Waals surface area contributed by atoms with E-state index in [1.807, 2.05) is 0 Å². The molecule has 4 N–H and O–H groups in total. The maximum absolute atomic E-state index is 12.8. The zero-order valence-corrected chi connectivity index (χ0v) is 36.9. The Morgan fingerprint density at radius 3 is 1.19 bits per heavy atom. The zero-order chi connectivity index (χ0) is 41.6. The van der Waals surface area contributed by atoms with E-state index in [1.54, 1.807) is 0 Å². The summed E-state index contributed by atoms with van der Waals surface area (Å²) in [4.78, 5) is 25.4. The van der Waals surface area contributed by atoms with Crippen LogP contribution >= 0.6 is 0 Å². The number of ether oxygens (including phenoxy) is 4. The first kappa shape index (κ1) is 53.7. The Kier molecular flexibility index (Phi) is 36.6. The van der Waals surface area contributed by atoms with Crippen molar-refractivity contribution in [2.24, 2.45) is 0 Å². The van der Waals surface area contributed by atoms with Gasteiger partial charge in [-0.25, -0.2) is 0 Å². The average molecular weight is 815 g/mol. The van der Waals surface area contributed by atoms with Crippen LogP contribution in [-0.4, -0.2) is 89.0 Å². The van der Waals surface area contributed by atoms with Crippen molar-refractivity contribution in [3.63, 3.8) is 0 Å². The van der Waals surface area contributed by atoms with Crippen molar-refractivity contribution in [3.05, 3.63) is 0 Å². The molecule has 1 heterocycles. The fourth-order valence-corrected chi connectivity index (χ4v) is 7.66. The number of aliphatic hydroxyl groups is 4. The first-order valence-electron chi connectivity index (χ1n) is 24.1. The Balaban J connectivity index is 2.26. The summed E-state index contributed by atoms with van der Waals surface area (Å²) >= 11 is 0. The topological polar surface area (TPSA) is 152 Å². The predicted octanol–water partition coefficient (Wildman–Crippen LogP) is 10.6. The van der Waals surface area contributed by atoms with Crippen LogP contribution in [0.4, 0.5) is 0 Å². The van der Waals surface area contributed by atoms with Gasteiger partial charge in [-0.3, -0.25) is 9.59 Å². The van der Waals surface area contributed by atoms with E-state index in [0.29, 0.717) is 6.42 Å². The van der Waals surface area contributed by atoms with Crippen LogP contribution in [0, 0.1) is 0 Å². The van der Waals surface area contributed by atoms with Crippen molar-refractivity contribution in [2.45, 2.75) is 269 Å². The van der Waals surface area contributed by atoms with Gasteiger partial charge in [0.2, 0.25) is 0 Å². The minimum atomic E-state index is -1.59. The Bertz CT molecular complexity index is 901. The maximum Gasteiger partial charge on any atom is 0.306 e. The molecule has 0 radical (unpaired) electrons. The molecule has 1 fully saturated rings. The Morgan fingerprint density at radius 1 is 0.474 bits per heavy atom. The first-order valence-corrected chi connectivity index (χ1v) is 24.1. The highest BCUT2D eigenvalue weighted by atomic mass is 16.7. The molecule has 1 saturated heterocycles. The number of carbonyl (C=O) groups excluding carboxylic acids is 2. The number of aliphatic hydroxyl groups excluding tert-OH is 4. The van der Waals surface area contributed by atoms with Crippen molar-refractivity contribution in [1.29, 1.82) is 0 Å². The second-order valence-corrected chi connectivity index (χ2v) is 16.9. The second kappa shape index (κ2) is 38.9. The lowest BCUT2D eigenvalue weighted by molar-refractivity contribution is -0.305. The minimum Gasteiger partial charge on any atom is -0.462 e. The molecule has 1 aliphatic rings. The molecule has 10 heteroatoms. The molecule has 338 valence electrons. The predicted molar refractivity (Wildman–Crippen MR) is 229 cm³/mol. The molecule has 0 aromatic heterocycles. The van der Waals surface area contributed by atoms with Gasteiger partial charge in [0.25, 0.3) is 0 Å². The normalized spacial score (nSPS) is 20.1. The van der Waals surface area contributed by atoms with Crippen LogP contribution in [0.25, 0.3) is 0 Å². The third kappa shape index (κ3) is 30.4. The fourth-order valence-electron chi connectivity index (χ4n) is 7.66. The highest BCUT2D eigenvalue weighted by molar-refractivity contribution is 5.70. The largest absolute Gasteiger partial charge is 0.462 e. The summed E-state index contributed by atoms with van der Waals surface area (Å²) in [6.07, 6.45) is 32.5. The molecule has 10 nitrogen and oxygen atoms in total. The van der Waals surface area contributed by atoms with Crippen molar-refractivity contribution >= 4 is 11.9 Å². The van der Waals surface area contributed by atoms with E-state index in [2.05, 4.69) is 13.8 Å².